The maximum atomic E-state index is 10.6. The molecule has 0 atom stereocenters. The number of rotatable bonds is 12. The van der Waals surface area contributed by atoms with Crippen molar-refractivity contribution in [3.63, 3.8) is 0 Å². The van der Waals surface area contributed by atoms with Crippen molar-refractivity contribution in [2.75, 3.05) is 94.9 Å². The number of methoxy groups -OCH3 is 1. The molecule has 3 fully saturated rings. The highest BCUT2D eigenvalue weighted by molar-refractivity contribution is 9.10. The van der Waals surface area contributed by atoms with Gasteiger partial charge in [-0.15, -0.1) is 0 Å². The van der Waals surface area contributed by atoms with Crippen molar-refractivity contribution in [1.82, 2.24) is 39.8 Å². The molecule has 8 rings (SSSR count). The molecule has 0 aliphatic carbocycles. The topological polar surface area (TPSA) is 158 Å². The third-order valence-electron chi connectivity index (χ3n) is 11.0. The van der Waals surface area contributed by atoms with Crippen LogP contribution in [0.4, 0.5) is 42.0 Å². The van der Waals surface area contributed by atoms with E-state index in [1.54, 1.807) is 19.5 Å². The highest BCUT2D eigenvalue weighted by atomic mass is 79.9. The zero-order valence-electron chi connectivity index (χ0n) is 34.4. The van der Waals surface area contributed by atoms with Crippen LogP contribution >= 0.6 is 24.1 Å². The number of alkyl halides is 3. The number of benzene rings is 2. The summed E-state index contributed by atoms with van der Waals surface area (Å²) < 4.78 is 46.7. The van der Waals surface area contributed by atoms with Crippen LogP contribution in [-0.2, 0) is 11.8 Å². The van der Waals surface area contributed by atoms with E-state index in [2.05, 4.69) is 93.3 Å². The second-order valence-corrected chi connectivity index (χ2v) is 18.1. The molecule has 0 amide bonds. The number of carbonyl (C=O) groups is 1. The number of ether oxygens (including phenoxy) is 1. The van der Waals surface area contributed by atoms with Crippen molar-refractivity contribution in [2.45, 2.75) is 25.1 Å². The first-order chi connectivity index (χ1) is 29.2. The fraction of sp³-hybridized carbons (Fsp3) is 0.439. The van der Waals surface area contributed by atoms with Gasteiger partial charge in [0.05, 0.1) is 43.3 Å². The maximum Gasteiger partial charge on any atom is 0.490 e. The number of hydrogen-bond acceptors (Lipinski definition) is 13. The molecule has 4 N–H and O–H groups in total. The van der Waals surface area contributed by atoms with Gasteiger partial charge in [0.25, 0.3) is 0 Å². The van der Waals surface area contributed by atoms with Crippen molar-refractivity contribution in [3.05, 3.63) is 65.7 Å². The second-order valence-electron chi connectivity index (χ2n) is 15.4. The molecule has 0 bridgehead atoms. The molecule has 6 heterocycles. The number of para-hydroxylation sites is 1. The predicted octanol–water partition coefficient (Wildman–Crippen LogP) is 7.16. The molecule has 0 saturated carbocycles. The number of halogens is 4. The van der Waals surface area contributed by atoms with Gasteiger partial charge in [-0.05, 0) is 79.3 Å². The van der Waals surface area contributed by atoms with Crippen molar-refractivity contribution in [3.8, 4) is 22.6 Å². The quantitative estimate of drug-likeness (QED) is 0.0935. The normalized spacial score (nSPS) is 16.8. The van der Waals surface area contributed by atoms with Crippen molar-refractivity contribution in [1.29, 1.82) is 0 Å². The van der Waals surface area contributed by atoms with Gasteiger partial charge in [0.2, 0.25) is 5.95 Å². The molecular weight excluding hydrogens is 878 g/mol. The van der Waals surface area contributed by atoms with Gasteiger partial charge in [-0.2, -0.15) is 23.3 Å². The van der Waals surface area contributed by atoms with Gasteiger partial charge >= 0.3 is 12.1 Å². The zero-order valence-corrected chi connectivity index (χ0v) is 36.9. The summed E-state index contributed by atoms with van der Waals surface area (Å²) in [6.45, 7) is 14.1. The number of carboxylic acids is 1. The molecule has 20 heteroatoms. The number of carboxylic acid groups (broad SMARTS) is 1. The number of aliphatic carboxylic acids is 1. The van der Waals surface area contributed by atoms with Gasteiger partial charge in [0.1, 0.15) is 11.4 Å². The average Bonchev–Trinajstić information content (AvgIpc) is 3.65. The minimum Gasteiger partial charge on any atom is -0.494 e. The molecule has 15 nitrogen and oxygen atoms in total. The number of aryl methyl sites for hydroxylation is 1. The summed E-state index contributed by atoms with van der Waals surface area (Å²) in [6, 6.07) is 13.0. The lowest BCUT2D eigenvalue weighted by Crippen LogP contribution is -2.59. The molecule has 0 unspecified atom stereocenters. The van der Waals surface area contributed by atoms with E-state index in [1.807, 2.05) is 42.2 Å². The largest absolute Gasteiger partial charge is 0.494 e. The van der Waals surface area contributed by atoms with E-state index in [0.717, 1.165) is 96.1 Å². The average molecular weight is 929 g/mol. The molecule has 0 spiro atoms. The van der Waals surface area contributed by atoms with Gasteiger partial charge in [0.15, 0.2) is 11.6 Å². The van der Waals surface area contributed by atoms with Gasteiger partial charge in [-0.1, -0.05) is 12.1 Å². The standard InChI is InChI=1S/C39H49BrN11O2P.C2HF3O2/c1-48-25-27(19-44-48)30-17-33(36(52-2)18-35(30)51-15-13-49(14-16-51)24-26-9-11-50(12-10-26)28-20-41-21-28)46-39-43-22-31(40)38(47-39)45-34-23-42-32-8-6-5-7-29(32)37(34)53-54(3)4;3-2(4,5)1(6)7/h5-8,17-19,22-23,25-26,28,41H,9-16,20-21,24H2,1-4H3,(H2,43,45,46,47);(H,6,7). The predicted molar refractivity (Wildman–Crippen MR) is 236 cm³/mol. The number of aromatic nitrogens is 5. The van der Waals surface area contributed by atoms with Crippen molar-refractivity contribution < 1.29 is 32.3 Å². The third kappa shape index (κ3) is 11.0. The number of pyridine rings is 1. The number of nitrogens with one attached hydrogen (secondary N) is 3. The molecule has 3 aliphatic rings. The Morgan fingerprint density at radius 3 is 2.34 bits per heavy atom. The molecule has 61 heavy (non-hydrogen) atoms. The number of likely N-dealkylation sites (tertiary alicyclic amines) is 1. The highest BCUT2D eigenvalue weighted by Gasteiger charge is 2.38. The highest BCUT2D eigenvalue weighted by Crippen LogP contribution is 2.43. The van der Waals surface area contributed by atoms with Crippen LogP contribution in [0.1, 0.15) is 12.8 Å². The fourth-order valence-corrected chi connectivity index (χ4v) is 8.56. The first kappa shape index (κ1) is 44.3. The van der Waals surface area contributed by atoms with Crippen LogP contribution in [-0.4, -0.2) is 137 Å². The Balaban J connectivity index is 0.000000739. The minimum atomic E-state index is -5.08. The Morgan fingerprint density at radius 1 is 1.00 bits per heavy atom. The van der Waals surface area contributed by atoms with Crippen LogP contribution in [0.5, 0.6) is 11.5 Å². The maximum absolute atomic E-state index is 10.6. The fourth-order valence-electron chi connectivity index (χ4n) is 7.71. The molecule has 3 aromatic heterocycles. The Labute approximate surface area is 362 Å². The Kier molecular flexibility index (Phi) is 14.1. The van der Waals surface area contributed by atoms with E-state index in [0.29, 0.717) is 22.0 Å². The summed E-state index contributed by atoms with van der Waals surface area (Å²) in [4.78, 5) is 30.9. The van der Waals surface area contributed by atoms with E-state index in [4.69, 9.17) is 24.1 Å². The lowest BCUT2D eigenvalue weighted by molar-refractivity contribution is -0.192. The number of piperidine rings is 1. The molecule has 5 aromatic rings. The summed E-state index contributed by atoms with van der Waals surface area (Å²) >= 11 is 3.65. The summed E-state index contributed by atoms with van der Waals surface area (Å²) in [5, 5.41) is 22.9. The lowest BCUT2D eigenvalue weighted by atomic mass is 9.94. The summed E-state index contributed by atoms with van der Waals surface area (Å²) in [7, 11) is 2.97. The molecule has 3 aliphatic heterocycles. The molecular formula is C41H50BrF3N11O4P. The molecule has 0 radical (unpaired) electrons. The number of nitrogens with zero attached hydrogens (tertiary/aromatic N) is 8. The number of hydrogen-bond donors (Lipinski definition) is 4. The first-order valence-corrected chi connectivity index (χ1v) is 22.9. The Hall–Kier alpha value is -4.81. The first-order valence-electron chi connectivity index (χ1n) is 20.0. The van der Waals surface area contributed by atoms with E-state index in [9.17, 15) is 13.2 Å². The lowest BCUT2D eigenvalue weighted by Gasteiger charge is -2.44. The van der Waals surface area contributed by atoms with Crippen LogP contribution in [0.15, 0.2) is 65.7 Å². The number of fused-ring (bicyclic) bond motifs is 1. The zero-order chi connectivity index (χ0) is 43.3. The van der Waals surface area contributed by atoms with Crippen molar-refractivity contribution in [2.24, 2.45) is 13.0 Å². The Morgan fingerprint density at radius 2 is 1.72 bits per heavy atom. The molecule has 326 valence electrons. The van der Waals surface area contributed by atoms with Crippen molar-refractivity contribution >= 4 is 69.8 Å². The number of anilines is 5. The van der Waals surface area contributed by atoms with Crippen LogP contribution in [0.2, 0.25) is 0 Å². The van der Waals surface area contributed by atoms with E-state index >= 15 is 0 Å². The van der Waals surface area contributed by atoms with Gasteiger partial charge in [-0.25, -0.2) is 9.78 Å². The summed E-state index contributed by atoms with van der Waals surface area (Å²) in [5.74, 6) is 0.480. The van der Waals surface area contributed by atoms with E-state index in [1.165, 1.54) is 32.5 Å². The summed E-state index contributed by atoms with van der Waals surface area (Å²) in [6.07, 6.45) is 5.04. The van der Waals surface area contributed by atoms with Crippen LogP contribution in [0.25, 0.3) is 22.0 Å². The van der Waals surface area contributed by atoms with Crippen LogP contribution in [0.3, 0.4) is 0 Å². The monoisotopic (exact) mass is 927 g/mol. The van der Waals surface area contributed by atoms with E-state index < -0.39 is 20.3 Å². The third-order valence-corrected chi connectivity index (χ3v) is 12.1. The van der Waals surface area contributed by atoms with Crippen LogP contribution < -0.4 is 30.1 Å². The van der Waals surface area contributed by atoms with Gasteiger partial charge < -0.3 is 35.2 Å². The van der Waals surface area contributed by atoms with Gasteiger partial charge in [0, 0.05) is 99.6 Å². The SMILES string of the molecule is COc1cc(N2CCN(CC3CCN(C4CNC4)CC3)CC2)c(-c2cnn(C)c2)cc1Nc1ncc(Br)c(Nc2cnc3ccccc3c2OP(C)C)n1.O=C(O)C(F)(F)F. The molecule has 2 aromatic carbocycles. The van der Waals surface area contributed by atoms with Crippen LogP contribution in [0, 0.1) is 5.92 Å². The van der Waals surface area contributed by atoms with Gasteiger partial charge in [-0.3, -0.25) is 19.5 Å². The number of piperazine rings is 1. The minimum absolute atomic E-state index is 0.414. The summed E-state index contributed by atoms with van der Waals surface area (Å²) in [5.41, 5.74) is 5.60. The second kappa shape index (κ2) is 19.5. The molecule has 3 saturated heterocycles. The Bertz CT molecular complexity index is 2300. The van der Waals surface area contributed by atoms with E-state index in [-0.39, 0.29) is 0 Å². The smallest absolute Gasteiger partial charge is 0.490 e.